The van der Waals surface area contributed by atoms with Gasteiger partial charge in [-0.25, -0.2) is 4.79 Å². The number of nitrogens with zero attached hydrogens (tertiary/aromatic N) is 1. The lowest BCUT2D eigenvalue weighted by Gasteiger charge is -2.21. The Balaban J connectivity index is 2.03. The summed E-state index contributed by atoms with van der Waals surface area (Å²) in [5.74, 6) is -0.452. The highest BCUT2D eigenvalue weighted by Gasteiger charge is 2.16. The molecule has 6 heteroatoms. The summed E-state index contributed by atoms with van der Waals surface area (Å²) in [7, 11) is 0. The summed E-state index contributed by atoms with van der Waals surface area (Å²) in [5.41, 5.74) is 2.91. The van der Waals surface area contributed by atoms with Crippen LogP contribution in [0.25, 0.3) is 0 Å². The van der Waals surface area contributed by atoms with E-state index in [2.05, 4.69) is 19.2 Å². The summed E-state index contributed by atoms with van der Waals surface area (Å²) in [5, 5.41) is 2.94. The van der Waals surface area contributed by atoms with E-state index in [1.54, 1.807) is 31.2 Å². The molecule has 0 fully saturated rings. The molecule has 0 aliphatic carbocycles. The number of hydrogen-bond acceptors (Lipinski definition) is 4. The molecule has 2 aromatic rings. The maximum Gasteiger partial charge on any atom is 0.338 e. The molecule has 0 atom stereocenters. The van der Waals surface area contributed by atoms with Crippen LogP contribution in [-0.4, -0.2) is 30.9 Å². The van der Waals surface area contributed by atoms with Gasteiger partial charge in [0.05, 0.1) is 12.2 Å². The lowest BCUT2D eigenvalue weighted by atomic mass is 10.0. The van der Waals surface area contributed by atoms with Crippen molar-refractivity contribution in [3.63, 3.8) is 0 Å². The normalized spacial score (nSPS) is 10.5. The Hall–Kier alpha value is -3.15. The summed E-state index contributed by atoms with van der Waals surface area (Å²) >= 11 is 0. The first kappa shape index (κ1) is 22.1. The minimum Gasteiger partial charge on any atom is -0.462 e. The Morgan fingerprint density at radius 3 is 2.28 bits per heavy atom. The smallest absolute Gasteiger partial charge is 0.338 e. The number of rotatable bonds is 8. The molecule has 1 N–H and O–H groups in total. The molecule has 0 heterocycles. The molecular formula is C23H28N2O4. The van der Waals surface area contributed by atoms with Crippen molar-refractivity contribution in [3.8, 4) is 0 Å². The molecule has 0 spiro atoms. The minimum absolute atomic E-state index is 0.158. The first-order valence-corrected chi connectivity index (χ1v) is 9.77. The second-order valence-electron chi connectivity index (χ2n) is 6.98. The molecule has 0 aliphatic rings. The minimum atomic E-state index is -0.406. The summed E-state index contributed by atoms with van der Waals surface area (Å²) in [4.78, 5) is 37.8. The van der Waals surface area contributed by atoms with E-state index in [1.165, 1.54) is 11.8 Å². The van der Waals surface area contributed by atoms with Gasteiger partial charge in [-0.2, -0.15) is 0 Å². The molecule has 0 aliphatic heterocycles. The number of benzene rings is 2. The molecular weight excluding hydrogens is 368 g/mol. The van der Waals surface area contributed by atoms with Gasteiger partial charge in [0.25, 0.3) is 0 Å². The predicted octanol–water partition coefficient (Wildman–Crippen LogP) is 4.37. The molecule has 29 heavy (non-hydrogen) atoms. The van der Waals surface area contributed by atoms with Crippen LogP contribution >= 0.6 is 0 Å². The predicted molar refractivity (Wildman–Crippen MR) is 114 cm³/mol. The zero-order chi connectivity index (χ0) is 21.4. The molecule has 0 saturated heterocycles. The van der Waals surface area contributed by atoms with Crippen molar-refractivity contribution in [1.29, 1.82) is 0 Å². The summed E-state index contributed by atoms with van der Waals surface area (Å²) in [6.07, 6.45) is 0.158. The van der Waals surface area contributed by atoms with Crippen LogP contribution in [0.1, 0.15) is 56.0 Å². The van der Waals surface area contributed by atoms with Gasteiger partial charge in [0.1, 0.15) is 0 Å². The number of nitrogens with one attached hydrogen (secondary N) is 1. The molecule has 0 bridgehead atoms. The topological polar surface area (TPSA) is 75.7 Å². The number of ether oxygens (including phenoxy) is 1. The maximum atomic E-state index is 12.5. The molecule has 0 unspecified atom stereocenters. The van der Waals surface area contributed by atoms with Crippen molar-refractivity contribution in [2.24, 2.45) is 0 Å². The fourth-order valence-electron chi connectivity index (χ4n) is 3.00. The first-order chi connectivity index (χ1) is 13.8. The number of hydrogen-bond donors (Lipinski definition) is 1. The Labute approximate surface area is 171 Å². The number of esters is 1. The Morgan fingerprint density at radius 1 is 1.03 bits per heavy atom. The number of carbonyl (C=O) groups excluding carboxylic acids is 3. The van der Waals surface area contributed by atoms with Gasteiger partial charge in [-0.3, -0.25) is 9.59 Å². The second kappa shape index (κ2) is 10.4. The summed E-state index contributed by atoms with van der Waals surface area (Å²) < 4.78 is 4.97. The van der Waals surface area contributed by atoms with Gasteiger partial charge in [0.15, 0.2) is 0 Å². The van der Waals surface area contributed by atoms with Crippen LogP contribution in [-0.2, 0) is 14.3 Å². The fraction of sp³-hybridized carbons (Fsp3) is 0.348. The van der Waals surface area contributed by atoms with E-state index in [9.17, 15) is 14.4 Å². The highest BCUT2D eigenvalue weighted by Crippen LogP contribution is 2.24. The van der Waals surface area contributed by atoms with Gasteiger partial charge < -0.3 is 15.0 Å². The van der Waals surface area contributed by atoms with Gasteiger partial charge >= 0.3 is 5.97 Å². The van der Waals surface area contributed by atoms with Crippen LogP contribution < -0.4 is 10.2 Å². The van der Waals surface area contributed by atoms with Crippen LogP contribution in [0.3, 0.4) is 0 Å². The molecule has 0 radical (unpaired) electrons. The van der Waals surface area contributed by atoms with Crippen LogP contribution in [0.15, 0.2) is 48.5 Å². The number of para-hydroxylation sites is 1. The zero-order valence-corrected chi connectivity index (χ0v) is 17.4. The highest BCUT2D eigenvalue weighted by molar-refractivity contribution is 5.96. The van der Waals surface area contributed by atoms with Crippen molar-refractivity contribution in [2.75, 3.05) is 23.4 Å². The van der Waals surface area contributed by atoms with Gasteiger partial charge in [0, 0.05) is 31.3 Å². The summed E-state index contributed by atoms with van der Waals surface area (Å²) in [6.45, 7) is 7.88. The molecule has 0 aromatic heterocycles. The molecule has 154 valence electrons. The van der Waals surface area contributed by atoms with Crippen molar-refractivity contribution in [3.05, 3.63) is 59.7 Å². The van der Waals surface area contributed by atoms with Gasteiger partial charge in [-0.05, 0) is 48.7 Å². The largest absolute Gasteiger partial charge is 0.462 e. The molecule has 6 nitrogen and oxygen atoms in total. The lowest BCUT2D eigenvalue weighted by molar-refractivity contribution is -0.117. The average Bonchev–Trinajstić information content (AvgIpc) is 2.68. The van der Waals surface area contributed by atoms with Crippen molar-refractivity contribution >= 4 is 29.2 Å². The van der Waals surface area contributed by atoms with E-state index in [1.807, 2.05) is 24.3 Å². The standard InChI is InChI=1S/C23H28N2O4/c1-5-29-23(28)18-10-12-19(13-11-18)25(17(4)26)15-14-22(27)24-21-9-7-6-8-20(21)16(2)3/h6-13,16H,5,14-15H2,1-4H3,(H,24,27). The van der Waals surface area contributed by atoms with E-state index in [0.717, 1.165) is 11.3 Å². The third-order valence-electron chi connectivity index (χ3n) is 4.49. The number of carbonyl (C=O) groups is 3. The fourth-order valence-corrected chi connectivity index (χ4v) is 3.00. The number of anilines is 2. The Bertz CT molecular complexity index is 859. The lowest BCUT2D eigenvalue weighted by Crippen LogP contribution is -2.32. The highest BCUT2D eigenvalue weighted by atomic mass is 16.5. The SMILES string of the molecule is CCOC(=O)c1ccc(N(CCC(=O)Nc2ccccc2C(C)C)C(C)=O)cc1. The van der Waals surface area contributed by atoms with E-state index >= 15 is 0 Å². The average molecular weight is 396 g/mol. The second-order valence-corrected chi connectivity index (χ2v) is 6.98. The van der Waals surface area contributed by atoms with Crippen molar-refractivity contribution in [2.45, 2.75) is 40.0 Å². The zero-order valence-electron chi connectivity index (χ0n) is 17.4. The molecule has 0 saturated carbocycles. The monoisotopic (exact) mass is 396 g/mol. The van der Waals surface area contributed by atoms with Crippen molar-refractivity contribution in [1.82, 2.24) is 0 Å². The van der Waals surface area contributed by atoms with Gasteiger partial charge in [0.2, 0.25) is 11.8 Å². The van der Waals surface area contributed by atoms with E-state index < -0.39 is 5.97 Å². The van der Waals surface area contributed by atoms with Crippen LogP contribution in [0.4, 0.5) is 11.4 Å². The third kappa shape index (κ3) is 6.17. The van der Waals surface area contributed by atoms with Crippen LogP contribution in [0.5, 0.6) is 0 Å². The van der Waals surface area contributed by atoms with E-state index in [0.29, 0.717) is 17.9 Å². The maximum absolute atomic E-state index is 12.5. The van der Waals surface area contributed by atoms with E-state index in [4.69, 9.17) is 4.74 Å². The van der Waals surface area contributed by atoms with Crippen LogP contribution in [0, 0.1) is 0 Å². The Kier molecular flexibility index (Phi) is 7.95. The van der Waals surface area contributed by atoms with Gasteiger partial charge in [-0.1, -0.05) is 32.0 Å². The van der Waals surface area contributed by atoms with E-state index in [-0.39, 0.29) is 30.7 Å². The number of amides is 2. The van der Waals surface area contributed by atoms with Crippen molar-refractivity contribution < 1.29 is 19.1 Å². The van der Waals surface area contributed by atoms with Crippen LogP contribution in [0.2, 0.25) is 0 Å². The third-order valence-corrected chi connectivity index (χ3v) is 4.49. The molecule has 2 rings (SSSR count). The quantitative estimate of drug-likeness (QED) is 0.673. The van der Waals surface area contributed by atoms with Gasteiger partial charge in [-0.15, -0.1) is 0 Å². The summed E-state index contributed by atoms with van der Waals surface area (Å²) in [6, 6.07) is 14.3. The molecule has 2 aromatic carbocycles. The molecule has 2 amide bonds. The first-order valence-electron chi connectivity index (χ1n) is 9.77. The Morgan fingerprint density at radius 2 is 1.69 bits per heavy atom.